The molecule has 2 rings (SSSR count). The third-order valence-corrected chi connectivity index (χ3v) is 3.94. The molecule has 2 heteroatoms. The Labute approximate surface area is 116 Å². The molecule has 1 aliphatic heterocycles. The fourth-order valence-corrected chi connectivity index (χ4v) is 3.42. The largest absolute Gasteiger partial charge is 0.311 e. The van der Waals surface area contributed by atoms with Gasteiger partial charge in [-0.15, -0.1) is 0 Å². The molecule has 0 bridgehead atoms. The van der Waals surface area contributed by atoms with Crippen LogP contribution in [-0.4, -0.2) is 12.1 Å². The van der Waals surface area contributed by atoms with E-state index in [4.69, 9.17) is 0 Å². The van der Waals surface area contributed by atoms with Crippen LogP contribution in [0, 0.1) is 11.2 Å². The molecule has 0 radical (unpaired) electrons. The van der Waals surface area contributed by atoms with Gasteiger partial charge in [0.25, 0.3) is 0 Å². The van der Waals surface area contributed by atoms with E-state index in [1.54, 1.807) is 12.1 Å². The van der Waals surface area contributed by atoms with Crippen LogP contribution in [-0.2, 0) is 6.42 Å². The maximum Gasteiger partial charge on any atom is 0.126 e. The van der Waals surface area contributed by atoms with Gasteiger partial charge in [-0.1, -0.05) is 45.4 Å². The molecule has 0 spiro atoms. The summed E-state index contributed by atoms with van der Waals surface area (Å²) in [7, 11) is 0. The summed E-state index contributed by atoms with van der Waals surface area (Å²) in [5.41, 5.74) is 1.18. The second kappa shape index (κ2) is 5.62. The van der Waals surface area contributed by atoms with Gasteiger partial charge >= 0.3 is 0 Å². The smallest absolute Gasteiger partial charge is 0.126 e. The van der Waals surface area contributed by atoms with Gasteiger partial charge in [-0.2, -0.15) is 0 Å². The van der Waals surface area contributed by atoms with E-state index >= 15 is 0 Å². The average Bonchev–Trinajstić information content (AvgIpc) is 2.31. The molecular formula is C17H26FN. The van der Waals surface area contributed by atoms with E-state index in [0.717, 1.165) is 31.4 Å². The number of halogens is 1. The Kier molecular flexibility index (Phi) is 4.29. The topological polar surface area (TPSA) is 12.0 Å². The maximum absolute atomic E-state index is 13.9. The Bertz CT molecular complexity index is 414. The van der Waals surface area contributed by atoms with Gasteiger partial charge in [0.05, 0.1) is 0 Å². The van der Waals surface area contributed by atoms with Gasteiger partial charge in [0.15, 0.2) is 0 Å². The molecular weight excluding hydrogens is 237 g/mol. The summed E-state index contributed by atoms with van der Waals surface area (Å²) < 4.78 is 13.9. The van der Waals surface area contributed by atoms with Crippen LogP contribution >= 0.6 is 0 Å². The van der Waals surface area contributed by atoms with Gasteiger partial charge in [0.2, 0.25) is 0 Å². The van der Waals surface area contributed by atoms with Gasteiger partial charge in [-0.05, 0) is 49.3 Å². The molecule has 1 aromatic rings. The number of benzene rings is 1. The first kappa shape index (κ1) is 14.5. The normalized spacial score (nSPS) is 24.4. The summed E-state index contributed by atoms with van der Waals surface area (Å²) in [5, 5.41) is 3.70. The van der Waals surface area contributed by atoms with Crippen molar-refractivity contribution in [1.29, 1.82) is 0 Å². The monoisotopic (exact) mass is 263 g/mol. The fraction of sp³-hybridized carbons (Fsp3) is 0.647. The van der Waals surface area contributed by atoms with Crippen molar-refractivity contribution >= 4 is 0 Å². The number of hydrogen-bond donors (Lipinski definition) is 1. The van der Waals surface area contributed by atoms with Gasteiger partial charge in [0, 0.05) is 5.54 Å². The lowest BCUT2D eigenvalue weighted by Crippen LogP contribution is -2.52. The molecule has 1 aromatic carbocycles. The SMILES string of the molecule is CC(C)(C)CC1(Cc2ccccc2F)CCCCN1. The van der Waals surface area contributed by atoms with Crippen LogP contribution in [0.2, 0.25) is 0 Å². The van der Waals surface area contributed by atoms with Crippen LogP contribution in [0.15, 0.2) is 24.3 Å². The molecule has 1 N–H and O–H groups in total. The summed E-state index contributed by atoms with van der Waals surface area (Å²) >= 11 is 0. The molecule has 106 valence electrons. The van der Waals surface area contributed by atoms with E-state index in [-0.39, 0.29) is 16.8 Å². The van der Waals surface area contributed by atoms with Gasteiger partial charge < -0.3 is 5.32 Å². The van der Waals surface area contributed by atoms with Crippen LogP contribution in [0.4, 0.5) is 4.39 Å². The van der Waals surface area contributed by atoms with Crippen molar-refractivity contribution in [3.63, 3.8) is 0 Å². The Morgan fingerprint density at radius 2 is 1.95 bits per heavy atom. The summed E-state index contributed by atoms with van der Waals surface area (Å²) in [6.07, 6.45) is 5.53. The lowest BCUT2D eigenvalue weighted by Gasteiger charge is -2.43. The Balaban J connectivity index is 2.21. The lowest BCUT2D eigenvalue weighted by atomic mass is 9.72. The molecule has 1 fully saturated rings. The Morgan fingerprint density at radius 3 is 2.53 bits per heavy atom. The number of piperidine rings is 1. The van der Waals surface area contributed by atoms with E-state index in [0.29, 0.717) is 0 Å². The molecule has 0 aliphatic carbocycles. The third kappa shape index (κ3) is 4.04. The first-order valence-corrected chi connectivity index (χ1v) is 7.39. The lowest BCUT2D eigenvalue weighted by molar-refractivity contribution is 0.167. The molecule has 1 heterocycles. The first-order chi connectivity index (χ1) is 8.90. The number of hydrogen-bond acceptors (Lipinski definition) is 1. The van der Waals surface area contributed by atoms with Crippen molar-refractivity contribution < 1.29 is 4.39 Å². The van der Waals surface area contributed by atoms with E-state index in [2.05, 4.69) is 26.1 Å². The van der Waals surface area contributed by atoms with Gasteiger partial charge in [-0.3, -0.25) is 0 Å². The highest BCUT2D eigenvalue weighted by molar-refractivity contribution is 5.20. The minimum absolute atomic E-state index is 0.0665. The summed E-state index contributed by atoms with van der Waals surface area (Å²) in [5.74, 6) is -0.0665. The highest BCUT2D eigenvalue weighted by Gasteiger charge is 2.36. The Hall–Kier alpha value is -0.890. The van der Waals surface area contributed by atoms with E-state index in [9.17, 15) is 4.39 Å². The van der Waals surface area contributed by atoms with E-state index in [1.165, 1.54) is 12.8 Å². The zero-order valence-corrected chi connectivity index (χ0v) is 12.4. The van der Waals surface area contributed by atoms with Crippen LogP contribution in [0.3, 0.4) is 0 Å². The zero-order valence-electron chi connectivity index (χ0n) is 12.4. The predicted octanol–water partition coefficient (Wildman–Crippen LogP) is 4.32. The van der Waals surface area contributed by atoms with Crippen molar-refractivity contribution in [3.05, 3.63) is 35.6 Å². The van der Waals surface area contributed by atoms with Crippen LogP contribution in [0.25, 0.3) is 0 Å². The molecule has 1 unspecified atom stereocenters. The molecule has 0 saturated carbocycles. The summed E-state index contributed by atoms with van der Waals surface area (Å²) in [4.78, 5) is 0. The minimum atomic E-state index is -0.0665. The fourth-order valence-electron chi connectivity index (χ4n) is 3.42. The molecule has 1 aliphatic rings. The Morgan fingerprint density at radius 1 is 1.21 bits per heavy atom. The van der Waals surface area contributed by atoms with Crippen molar-refractivity contribution in [3.8, 4) is 0 Å². The highest BCUT2D eigenvalue weighted by atomic mass is 19.1. The van der Waals surface area contributed by atoms with Crippen molar-refractivity contribution in [1.82, 2.24) is 5.32 Å². The maximum atomic E-state index is 13.9. The van der Waals surface area contributed by atoms with Crippen molar-refractivity contribution in [2.24, 2.45) is 5.41 Å². The number of nitrogens with one attached hydrogen (secondary N) is 1. The highest BCUT2D eigenvalue weighted by Crippen LogP contribution is 2.35. The average molecular weight is 263 g/mol. The predicted molar refractivity (Wildman–Crippen MR) is 78.8 cm³/mol. The molecule has 19 heavy (non-hydrogen) atoms. The minimum Gasteiger partial charge on any atom is -0.311 e. The summed E-state index contributed by atoms with van der Waals surface area (Å²) in [6, 6.07) is 7.20. The standard InChI is InChI=1S/C17H26FN/c1-16(2,3)13-17(10-6-7-11-19-17)12-14-8-4-5-9-15(14)18/h4-5,8-9,19H,6-7,10-13H2,1-3H3. The second-order valence-electron chi connectivity index (χ2n) is 7.17. The summed E-state index contributed by atoms with van der Waals surface area (Å²) in [6.45, 7) is 7.87. The van der Waals surface area contributed by atoms with E-state index < -0.39 is 0 Å². The van der Waals surface area contributed by atoms with Crippen LogP contribution in [0.5, 0.6) is 0 Å². The molecule has 1 saturated heterocycles. The first-order valence-electron chi connectivity index (χ1n) is 7.39. The van der Waals surface area contributed by atoms with Gasteiger partial charge in [-0.25, -0.2) is 4.39 Å². The van der Waals surface area contributed by atoms with Crippen molar-refractivity contribution in [2.75, 3.05) is 6.54 Å². The zero-order chi connectivity index (χ0) is 13.9. The second-order valence-corrected chi connectivity index (χ2v) is 7.17. The molecule has 1 nitrogen and oxygen atoms in total. The van der Waals surface area contributed by atoms with E-state index in [1.807, 2.05) is 12.1 Å². The van der Waals surface area contributed by atoms with Crippen molar-refractivity contribution in [2.45, 2.75) is 58.4 Å². The molecule has 0 aromatic heterocycles. The number of rotatable bonds is 3. The quantitative estimate of drug-likeness (QED) is 0.856. The molecule has 1 atom stereocenters. The van der Waals surface area contributed by atoms with Gasteiger partial charge in [0.1, 0.15) is 5.82 Å². The van der Waals surface area contributed by atoms with Crippen LogP contribution < -0.4 is 5.32 Å². The molecule has 0 amide bonds. The van der Waals surface area contributed by atoms with Crippen LogP contribution in [0.1, 0.15) is 52.0 Å². The third-order valence-electron chi connectivity index (χ3n) is 3.94.